The van der Waals surface area contributed by atoms with E-state index < -0.39 is 0 Å². The monoisotopic (exact) mass is 459 g/mol. The number of hydrogen-bond donors (Lipinski definition) is 0. The zero-order chi connectivity index (χ0) is 23.9. The highest BCUT2D eigenvalue weighted by Gasteiger charge is 2.32. The van der Waals surface area contributed by atoms with Crippen molar-refractivity contribution in [2.45, 2.75) is 38.1 Å². The maximum atomic E-state index is 13.4. The fraction of sp³-hybridized carbons (Fsp3) is 0.345. The zero-order valence-electron chi connectivity index (χ0n) is 20.3. The Bertz CT molecular complexity index is 1100. The first-order valence-corrected chi connectivity index (χ1v) is 11.9. The molecule has 0 spiro atoms. The third-order valence-corrected chi connectivity index (χ3v) is 6.57. The molecular formula is C29H33NO4. The van der Waals surface area contributed by atoms with Gasteiger partial charge in [-0.05, 0) is 72.2 Å². The van der Waals surface area contributed by atoms with Crippen LogP contribution in [0.25, 0.3) is 0 Å². The summed E-state index contributed by atoms with van der Waals surface area (Å²) >= 11 is 0. The van der Waals surface area contributed by atoms with Crippen molar-refractivity contribution in [3.8, 4) is 17.2 Å². The minimum Gasteiger partial charge on any atom is -0.497 e. The van der Waals surface area contributed by atoms with Crippen LogP contribution in [0, 0.1) is 0 Å². The van der Waals surface area contributed by atoms with Crippen LogP contribution in [0.5, 0.6) is 17.2 Å². The third kappa shape index (κ3) is 5.19. The van der Waals surface area contributed by atoms with Gasteiger partial charge in [0.05, 0.1) is 27.4 Å². The summed E-state index contributed by atoms with van der Waals surface area (Å²) in [5.41, 5.74) is 4.70. The highest BCUT2D eigenvalue weighted by molar-refractivity contribution is 5.78. The van der Waals surface area contributed by atoms with Gasteiger partial charge in [0.1, 0.15) is 5.75 Å². The van der Waals surface area contributed by atoms with Crippen molar-refractivity contribution in [1.82, 2.24) is 4.90 Å². The van der Waals surface area contributed by atoms with E-state index in [1.165, 1.54) is 11.1 Å². The molecule has 1 atom stereocenters. The van der Waals surface area contributed by atoms with Crippen LogP contribution in [0.1, 0.15) is 47.6 Å². The van der Waals surface area contributed by atoms with Crippen LogP contribution in [-0.2, 0) is 17.6 Å². The molecule has 0 saturated heterocycles. The molecule has 1 aliphatic heterocycles. The maximum Gasteiger partial charge on any atom is 0.223 e. The fourth-order valence-corrected chi connectivity index (χ4v) is 4.75. The molecule has 1 amide bonds. The number of rotatable bonds is 9. The molecule has 0 radical (unpaired) electrons. The number of methoxy groups -OCH3 is 3. The van der Waals surface area contributed by atoms with Crippen molar-refractivity contribution >= 4 is 5.91 Å². The summed E-state index contributed by atoms with van der Waals surface area (Å²) in [6, 6.07) is 22.4. The summed E-state index contributed by atoms with van der Waals surface area (Å²) in [7, 11) is 4.98. The van der Waals surface area contributed by atoms with E-state index in [4.69, 9.17) is 14.2 Å². The zero-order valence-corrected chi connectivity index (χ0v) is 20.3. The molecule has 178 valence electrons. The topological polar surface area (TPSA) is 48.0 Å². The van der Waals surface area contributed by atoms with Gasteiger partial charge in [-0.25, -0.2) is 0 Å². The van der Waals surface area contributed by atoms with E-state index in [1.807, 2.05) is 41.3 Å². The lowest BCUT2D eigenvalue weighted by Crippen LogP contribution is -2.40. The molecule has 1 aliphatic rings. The molecule has 1 heterocycles. The van der Waals surface area contributed by atoms with Gasteiger partial charge in [0.2, 0.25) is 5.91 Å². The summed E-state index contributed by atoms with van der Waals surface area (Å²) in [4.78, 5) is 15.5. The van der Waals surface area contributed by atoms with Crippen LogP contribution in [0.2, 0.25) is 0 Å². The summed E-state index contributed by atoms with van der Waals surface area (Å²) in [6.07, 6.45) is 4.14. The van der Waals surface area contributed by atoms with Crippen LogP contribution in [0.3, 0.4) is 0 Å². The van der Waals surface area contributed by atoms with Crippen LogP contribution in [-0.4, -0.2) is 38.7 Å². The van der Waals surface area contributed by atoms with E-state index in [1.54, 1.807) is 21.3 Å². The highest BCUT2D eigenvalue weighted by atomic mass is 16.5. The largest absolute Gasteiger partial charge is 0.497 e. The van der Waals surface area contributed by atoms with Gasteiger partial charge in [0.25, 0.3) is 0 Å². The van der Waals surface area contributed by atoms with Gasteiger partial charge >= 0.3 is 0 Å². The second kappa shape index (κ2) is 11.1. The van der Waals surface area contributed by atoms with Gasteiger partial charge in [-0.3, -0.25) is 4.79 Å². The van der Waals surface area contributed by atoms with Gasteiger partial charge in [-0.2, -0.15) is 0 Å². The van der Waals surface area contributed by atoms with Crippen molar-refractivity contribution in [3.63, 3.8) is 0 Å². The van der Waals surface area contributed by atoms with Crippen molar-refractivity contribution in [1.29, 1.82) is 0 Å². The molecule has 5 nitrogen and oxygen atoms in total. The number of carbonyl (C=O) groups is 1. The number of hydrogen-bond acceptors (Lipinski definition) is 4. The molecule has 3 aromatic rings. The molecular weight excluding hydrogens is 426 g/mol. The highest BCUT2D eigenvalue weighted by Crippen LogP contribution is 2.41. The van der Waals surface area contributed by atoms with Gasteiger partial charge in [-0.15, -0.1) is 0 Å². The Kier molecular flexibility index (Phi) is 7.73. The quantitative estimate of drug-likeness (QED) is 0.391. The summed E-state index contributed by atoms with van der Waals surface area (Å²) < 4.78 is 16.3. The van der Waals surface area contributed by atoms with Crippen LogP contribution in [0.4, 0.5) is 0 Å². The number of ether oxygens (including phenoxy) is 3. The summed E-state index contributed by atoms with van der Waals surface area (Å²) in [6.45, 7) is 0.694. The molecule has 0 aliphatic carbocycles. The van der Waals surface area contributed by atoms with E-state index in [0.29, 0.717) is 18.7 Å². The van der Waals surface area contributed by atoms with Crippen LogP contribution < -0.4 is 14.2 Å². The fourth-order valence-electron chi connectivity index (χ4n) is 4.75. The predicted octanol–water partition coefficient (Wildman–Crippen LogP) is 5.60. The van der Waals surface area contributed by atoms with Crippen molar-refractivity contribution < 1.29 is 19.0 Å². The summed E-state index contributed by atoms with van der Waals surface area (Å²) in [5.74, 6) is 2.48. The average molecular weight is 460 g/mol. The first-order valence-electron chi connectivity index (χ1n) is 11.9. The lowest BCUT2D eigenvalue weighted by atomic mass is 9.87. The molecule has 0 fully saturated rings. The second-order valence-electron chi connectivity index (χ2n) is 8.61. The molecule has 0 N–H and O–H groups in total. The van der Waals surface area contributed by atoms with Crippen molar-refractivity contribution in [2.24, 2.45) is 0 Å². The van der Waals surface area contributed by atoms with E-state index in [9.17, 15) is 4.79 Å². The molecule has 4 rings (SSSR count). The Balaban J connectivity index is 1.49. The lowest BCUT2D eigenvalue weighted by Gasteiger charge is -2.38. The Morgan fingerprint density at radius 1 is 0.882 bits per heavy atom. The normalized spacial score (nSPS) is 14.9. The third-order valence-electron chi connectivity index (χ3n) is 6.57. The van der Waals surface area contributed by atoms with Crippen LogP contribution in [0.15, 0.2) is 66.7 Å². The first-order chi connectivity index (χ1) is 16.6. The number of amides is 1. The minimum absolute atomic E-state index is 0.126. The molecule has 34 heavy (non-hydrogen) atoms. The Labute approximate surface area is 202 Å². The van der Waals surface area contributed by atoms with E-state index in [0.717, 1.165) is 48.3 Å². The number of unbranched alkanes of at least 4 members (excludes halogenated alkanes) is 1. The molecule has 0 saturated carbocycles. The molecule has 5 heteroatoms. The predicted molar refractivity (Wildman–Crippen MR) is 134 cm³/mol. The molecule has 0 bridgehead atoms. The number of aryl methyl sites for hydroxylation is 1. The smallest absolute Gasteiger partial charge is 0.223 e. The maximum absolute atomic E-state index is 13.4. The Morgan fingerprint density at radius 3 is 2.26 bits per heavy atom. The lowest BCUT2D eigenvalue weighted by molar-refractivity contribution is -0.133. The van der Waals surface area contributed by atoms with Crippen molar-refractivity contribution in [3.05, 3.63) is 89.0 Å². The number of nitrogens with zero attached hydrogens (tertiary/aromatic N) is 1. The summed E-state index contributed by atoms with van der Waals surface area (Å²) in [5, 5.41) is 0. The van der Waals surface area contributed by atoms with E-state index in [2.05, 4.69) is 30.3 Å². The van der Waals surface area contributed by atoms with Gasteiger partial charge in [0.15, 0.2) is 11.5 Å². The van der Waals surface area contributed by atoms with Gasteiger partial charge < -0.3 is 19.1 Å². The Hall–Kier alpha value is -3.47. The molecule has 1 unspecified atom stereocenters. The second-order valence-corrected chi connectivity index (χ2v) is 8.61. The van der Waals surface area contributed by atoms with Gasteiger partial charge in [-0.1, -0.05) is 42.5 Å². The van der Waals surface area contributed by atoms with Gasteiger partial charge in [0, 0.05) is 13.0 Å². The molecule has 3 aromatic carbocycles. The minimum atomic E-state index is -0.126. The Morgan fingerprint density at radius 2 is 1.59 bits per heavy atom. The van der Waals surface area contributed by atoms with Crippen molar-refractivity contribution in [2.75, 3.05) is 27.9 Å². The SMILES string of the molecule is COc1ccc(CCCCC(=O)N2CCc3cc(OC)c(OC)cc3C2c2ccccc2)cc1. The standard InChI is InChI=1S/C29H33NO4/c1-32-24-15-13-21(14-16-24)9-7-8-12-28(31)30-18-17-23-19-26(33-2)27(34-3)20-25(23)29(30)22-10-5-4-6-11-22/h4-6,10-11,13-16,19-20,29H,7-9,12,17-18H2,1-3H3. The number of benzene rings is 3. The average Bonchev–Trinajstić information content (AvgIpc) is 2.90. The molecule has 0 aromatic heterocycles. The number of fused-ring (bicyclic) bond motifs is 1. The number of carbonyl (C=O) groups excluding carboxylic acids is 1. The van der Waals surface area contributed by atoms with E-state index in [-0.39, 0.29) is 11.9 Å². The van der Waals surface area contributed by atoms with E-state index >= 15 is 0 Å². The first kappa shape index (κ1) is 23.7. The van der Waals surface area contributed by atoms with Crippen LogP contribution >= 0.6 is 0 Å².